The highest BCUT2D eigenvalue weighted by molar-refractivity contribution is 5.83. The monoisotopic (exact) mass is 496 g/mol. The summed E-state index contributed by atoms with van der Waals surface area (Å²) in [6.07, 6.45) is 3.68. The highest BCUT2D eigenvalue weighted by Gasteiger charge is 2.33. The van der Waals surface area contributed by atoms with Gasteiger partial charge in [-0.1, -0.05) is 11.8 Å². The molecule has 0 amide bonds. The van der Waals surface area contributed by atoms with Crippen molar-refractivity contribution in [2.24, 2.45) is 11.8 Å². The van der Waals surface area contributed by atoms with Gasteiger partial charge in [0.25, 0.3) is 0 Å². The Balaban J connectivity index is 1.37. The van der Waals surface area contributed by atoms with Crippen LogP contribution in [0.25, 0.3) is 10.9 Å². The van der Waals surface area contributed by atoms with Crippen molar-refractivity contribution in [1.29, 1.82) is 0 Å². The minimum absolute atomic E-state index is 0.0327. The first-order valence-corrected chi connectivity index (χ1v) is 11.9. The number of hydrogen-bond acceptors (Lipinski definition) is 4. The summed E-state index contributed by atoms with van der Waals surface area (Å²) in [7, 11) is 1.55. The van der Waals surface area contributed by atoms with E-state index >= 15 is 0 Å². The van der Waals surface area contributed by atoms with Crippen LogP contribution in [-0.4, -0.2) is 47.7 Å². The molecule has 1 aromatic heterocycles. The average Bonchev–Trinajstić information content (AvgIpc) is 2.85. The Bertz CT molecular complexity index is 1300. The molecule has 2 aromatic carbocycles. The fourth-order valence-corrected chi connectivity index (χ4v) is 4.84. The number of halogens is 3. The molecule has 1 aliphatic rings. The van der Waals surface area contributed by atoms with Crippen LogP contribution in [0.2, 0.25) is 0 Å². The molecule has 0 radical (unpaired) electrons. The van der Waals surface area contributed by atoms with E-state index in [4.69, 9.17) is 4.74 Å². The zero-order chi connectivity index (χ0) is 25.7. The maximum absolute atomic E-state index is 14.6. The number of carbonyl (C=O) groups is 1. The molecule has 0 saturated carbocycles. The van der Waals surface area contributed by atoms with Crippen LogP contribution in [0.5, 0.6) is 5.75 Å². The lowest BCUT2D eigenvalue weighted by molar-refractivity contribution is -0.146. The van der Waals surface area contributed by atoms with Gasteiger partial charge in [-0.2, -0.15) is 0 Å². The summed E-state index contributed by atoms with van der Waals surface area (Å²) in [4.78, 5) is 18.1. The molecule has 5 nitrogen and oxygen atoms in total. The fraction of sp³-hybridized carbons (Fsp3) is 0.357. The van der Waals surface area contributed by atoms with Crippen molar-refractivity contribution in [2.45, 2.75) is 25.7 Å². The normalized spacial score (nSPS) is 18.0. The number of aliphatic carboxylic acids is 1. The van der Waals surface area contributed by atoms with Crippen LogP contribution < -0.4 is 4.74 Å². The number of likely N-dealkylation sites (tertiary alicyclic amines) is 1. The summed E-state index contributed by atoms with van der Waals surface area (Å²) < 4.78 is 46.5. The van der Waals surface area contributed by atoms with Gasteiger partial charge >= 0.3 is 5.97 Å². The summed E-state index contributed by atoms with van der Waals surface area (Å²) in [5.74, 6) is 3.04. The zero-order valence-electron chi connectivity index (χ0n) is 19.9. The van der Waals surface area contributed by atoms with Gasteiger partial charge in [0.1, 0.15) is 23.2 Å². The maximum Gasteiger partial charge on any atom is 0.308 e. The molecule has 8 heteroatoms. The molecule has 1 N–H and O–H groups in total. The molecule has 3 aromatic rings. The van der Waals surface area contributed by atoms with Crippen molar-refractivity contribution >= 4 is 16.9 Å². The molecule has 0 spiro atoms. The minimum Gasteiger partial charge on any atom is -0.497 e. The van der Waals surface area contributed by atoms with Crippen molar-refractivity contribution in [3.63, 3.8) is 0 Å². The van der Waals surface area contributed by atoms with Crippen LogP contribution in [0.4, 0.5) is 13.2 Å². The van der Waals surface area contributed by atoms with E-state index in [1.807, 2.05) is 4.90 Å². The lowest BCUT2D eigenvalue weighted by Gasteiger charge is -2.35. The number of piperidine rings is 1. The molecule has 0 bridgehead atoms. The van der Waals surface area contributed by atoms with Crippen molar-refractivity contribution in [2.75, 3.05) is 26.7 Å². The molecule has 0 unspecified atom stereocenters. The van der Waals surface area contributed by atoms with Gasteiger partial charge < -0.3 is 9.84 Å². The van der Waals surface area contributed by atoms with Crippen LogP contribution in [0.1, 0.15) is 30.4 Å². The molecule has 1 fully saturated rings. The molecule has 2 atom stereocenters. The Hall–Kier alpha value is -3.57. The molecule has 1 saturated heterocycles. The number of ether oxygens (including phenoxy) is 1. The fourth-order valence-electron chi connectivity index (χ4n) is 4.84. The van der Waals surface area contributed by atoms with Crippen LogP contribution in [-0.2, 0) is 11.2 Å². The number of nitrogens with zero attached hydrogens (tertiary/aromatic N) is 2. The Kier molecular flexibility index (Phi) is 8.11. The Morgan fingerprint density at radius 2 is 1.97 bits per heavy atom. The standard InChI is InChI=1S/C28H27F3N2O3/c1-36-22-7-8-27-24(15-22)23(26(31)16-32-27)6-2-5-19-9-11-33(17-25(19)28(34)35)10-3-4-18-12-20(29)14-21(30)13-18/h7-8,12-16,19,25H,2,5-6,9-11,17H2,1H3,(H,34,35)/t19-,25+/m0/s1. The number of aryl methyl sites for hydroxylation is 1. The van der Waals surface area contributed by atoms with Crippen LogP contribution >= 0.6 is 0 Å². The molecule has 188 valence electrons. The van der Waals surface area contributed by atoms with Crippen LogP contribution in [0, 0.1) is 41.1 Å². The molecule has 0 aliphatic carbocycles. The number of fused-ring (bicyclic) bond motifs is 1. The van der Waals surface area contributed by atoms with E-state index in [2.05, 4.69) is 16.8 Å². The number of benzene rings is 2. The number of aromatic nitrogens is 1. The van der Waals surface area contributed by atoms with E-state index in [0.29, 0.717) is 67.5 Å². The second-order valence-electron chi connectivity index (χ2n) is 9.05. The second kappa shape index (κ2) is 11.4. The predicted molar refractivity (Wildman–Crippen MR) is 130 cm³/mol. The van der Waals surface area contributed by atoms with Crippen molar-refractivity contribution in [3.8, 4) is 17.6 Å². The Labute approximate surface area is 207 Å². The number of methoxy groups -OCH3 is 1. The molecular formula is C28H27F3N2O3. The van der Waals surface area contributed by atoms with Gasteiger partial charge in [-0.15, -0.1) is 0 Å². The molecule has 1 aliphatic heterocycles. The van der Waals surface area contributed by atoms with Crippen LogP contribution in [0.3, 0.4) is 0 Å². The van der Waals surface area contributed by atoms with Crippen molar-refractivity contribution < 1.29 is 27.8 Å². The summed E-state index contributed by atoms with van der Waals surface area (Å²) in [5.41, 5.74) is 1.49. The molecule has 4 rings (SSSR count). The lowest BCUT2D eigenvalue weighted by Crippen LogP contribution is -2.44. The van der Waals surface area contributed by atoms with Crippen molar-refractivity contribution in [3.05, 3.63) is 71.2 Å². The quantitative estimate of drug-likeness (QED) is 0.464. The average molecular weight is 497 g/mol. The third-order valence-electron chi connectivity index (χ3n) is 6.69. The van der Waals surface area contributed by atoms with Gasteiger partial charge in [0.2, 0.25) is 0 Å². The smallest absolute Gasteiger partial charge is 0.308 e. The van der Waals surface area contributed by atoms with E-state index in [1.54, 1.807) is 25.3 Å². The SMILES string of the molecule is COc1ccc2ncc(F)c(CCC[C@H]3CCN(CC#Cc4cc(F)cc(F)c4)C[C@H]3C(=O)O)c2c1. The number of hydrogen-bond donors (Lipinski definition) is 1. The van der Waals surface area contributed by atoms with Gasteiger partial charge in [-0.25, -0.2) is 13.2 Å². The summed E-state index contributed by atoms with van der Waals surface area (Å²) in [6, 6.07) is 8.46. The topological polar surface area (TPSA) is 62.7 Å². The van der Waals surface area contributed by atoms with Gasteiger partial charge in [0, 0.05) is 23.6 Å². The number of carboxylic acid groups (broad SMARTS) is 1. The minimum atomic E-state index is -0.866. The third kappa shape index (κ3) is 6.16. The first-order chi connectivity index (χ1) is 17.3. The van der Waals surface area contributed by atoms with E-state index in [-0.39, 0.29) is 17.3 Å². The Morgan fingerprint density at radius 3 is 2.69 bits per heavy atom. The van der Waals surface area contributed by atoms with E-state index < -0.39 is 23.5 Å². The largest absolute Gasteiger partial charge is 0.497 e. The van der Waals surface area contributed by atoms with Gasteiger partial charge in [0.15, 0.2) is 0 Å². The van der Waals surface area contributed by atoms with Crippen molar-refractivity contribution in [1.82, 2.24) is 9.88 Å². The Morgan fingerprint density at radius 1 is 1.19 bits per heavy atom. The van der Waals surface area contributed by atoms with E-state index in [1.165, 1.54) is 6.20 Å². The number of pyridine rings is 1. The molecule has 36 heavy (non-hydrogen) atoms. The summed E-state index contributed by atoms with van der Waals surface area (Å²) >= 11 is 0. The van der Waals surface area contributed by atoms with Crippen LogP contribution in [0.15, 0.2) is 42.6 Å². The molecular weight excluding hydrogens is 469 g/mol. The first-order valence-electron chi connectivity index (χ1n) is 11.9. The predicted octanol–water partition coefficient (Wildman–Crippen LogP) is 5.06. The second-order valence-corrected chi connectivity index (χ2v) is 9.05. The number of carboxylic acids is 1. The van der Waals surface area contributed by atoms with E-state index in [0.717, 1.165) is 18.2 Å². The number of rotatable bonds is 7. The summed E-state index contributed by atoms with van der Waals surface area (Å²) in [6.45, 7) is 1.32. The lowest BCUT2D eigenvalue weighted by atomic mass is 9.81. The maximum atomic E-state index is 14.6. The molecule has 2 heterocycles. The van der Waals surface area contributed by atoms with Gasteiger partial charge in [-0.3, -0.25) is 14.7 Å². The first kappa shape index (κ1) is 25.5. The highest BCUT2D eigenvalue weighted by atomic mass is 19.1. The van der Waals surface area contributed by atoms with Gasteiger partial charge in [0.05, 0.1) is 31.3 Å². The third-order valence-corrected chi connectivity index (χ3v) is 6.69. The van der Waals surface area contributed by atoms with Gasteiger partial charge in [-0.05, 0) is 74.0 Å². The van der Waals surface area contributed by atoms with E-state index in [9.17, 15) is 23.1 Å². The summed E-state index contributed by atoms with van der Waals surface area (Å²) in [5, 5.41) is 10.5. The zero-order valence-corrected chi connectivity index (χ0v) is 19.9. The highest BCUT2D eigenvalue weighted by Crippen LogP contribution is 2.30.